The van der Waals surface area contributed by atoms with Crippen LogP contribution in [0.1, 0.15) is 32.7 Å². The van der Waals surface area contributed by atoms with Gasteiger partial charge in [0.25, 0.3) is 0 Å². The first-order valence-corrected chi connectivity index (χ1v) is 7.83. The molecule has 1 aromatic heterocycles. The van der Waals surface area contributed by atoms with Crippen LogP contribution in [0.15, 0.2) is 34.8 Å². The SMILES string of the molecule is COC(c1nc(Cl)c(Br)c(-c2ccccc2)n1)C(C)(C)C. The van der Waals surface area contributed by atoms with Gasteiger partial charge in [-0.3, -0.25) is 0 Å². The highest BCUT2D eigenvalue weighted by Gasteiger charge is 2.30. The van der Waals surface area contributed by atoms with E-state index in [1.54, 1.807) is 7.11 Å². The minimum absolute atomic E-state index is 0.125. The fraction of sp³-hybridized carbons (Fsp3) is 0.375. The molecule has 0 radical (unpaired) electrons. The second-order valence-electron chi connectivity index (χ2n) is 5.88. The van der Waals surface area contributed by atoms with E-state index in [4.69, 9.17) is 16.3 Å². The zero-order chi connectivity index (χ0) is 15.6. The molecule has 0 spiro atoms. The Morgan fingerprint density at radius 3 is 2.29 bits per heavy atom. The first-order chi connectivity index (χ1) is 9.84. The van der Waals surface area contributed by atoms with Crippen LogP contribution in [0.5, 0.6) is 0 Å². The molecule has 1 aromatic carbocycles. The molecule has 1 heterocycles. The third-order valence-electron chi connectivity index (χ3n) is 3.13. The van der Waals surface area contributed by atoms with Crippen LogP contribution in [0.2, 0.25) is 5.15 Å². The molecule has 2 rings (SSSR count). The van der Waals surface area contributed by atoms with Gasteiger partial charge < -0.3 is 4.74 Å². The van der Waals surface area contributed by atoms with Crippen molar-refractivity contribution in [3.05, 3.63) is 45.8 Å². The summed E-state index contributed by atoms with van der Waals surface area (Å²) in [6.07, 6.45) is -0.231. The monoisotopic (exact) mass is 368 g/mol. The summed E-state index contributed by atoms with van der Waals surface area (Å²) < 4.78 is 6.28. The Morgan fingerprint density at radius 1 is 1.14 bits per heavy atom. The number of hydrogen-bond acceptors (Lipinski definition) is 3. The Morgan fingerprint density at radius 2 is 1.76 bits per heavy atom. The molecule has 1 atom stereocenters. The van der Waals surface area contributed by atoms with Crippen molar-refractivity contribution in [2.24, 2.45) is 5.41 Å². The van der Waals surface area contributed by atoms with Gasteiger partial charge in [0.1, 0.15) is 11.3 Å². The lowest BCUT2D eigenvalue weighted by atomic mass is 9.88. The van der Waals surface area contributed by atoms with Crippen LogP contribution in [0.25, 0.3) is 11.3 Å². The summed E-state index contributed by atoms with van der Waals surface area (Å²) in [4.78, 5) is 9.05. The summed E-state index contributed by atoms with van der Waals surface area (Å²) in [5.41, 5.74) is 1.63. The van der Waals surface area contributed by atoms with Crippen LogP contribution >= 0.6 is 27.5 Å². The maximum absolute atomic E-state index is 6.27. The fourth-order valence-corrected chi connectivity index (χ4v) is 2.77. The van der Waals surface area contributed by atoms with Crippen molar-refractivity contribution >= 4 is 27.5 Å². The first kappa shape index (κ1) is 16.4. The van der Waals surface area contributed by atoms with Crippen LogP contribution in [-0.4, -0.2) is 17.1 Å². The van der Waals surface area contributed by atoms with Gasteiger partial charge in [-0.25, -0.2) is 9.97 Å². The Bertz CT molecular complexity index is 626. The van der Waals surface area contributed by atoms with Gasteiger partial charge >= 0.3 is 0 Å². The Labute approximate surface area is 138 Å². The predicted molar refractivity (Wildman–Crippen MR) is 89.4 cm³/mol. The van der Waals surface area contributed by atoms with Crippen LogP contribution in [0.3, 0.4) is 0 Å². The highest BCUT2D eigenvalue weighted by molar-refractivity contribution is 9.10. The van der Waals surface area contributed by atoms with Crippen molar-refractivity contribution < 1.29 is 4.74 Å². The van der Waals surface area contributed by atoms with Crippen molar-refractivity contribution in [2.75, 3.05) is 7.11 Å². The Balaban J connectivity index is 2.59. The van der Waals surface area contributed by atoms with E-state index >= 15 is 0 Å². The summed E-state index contributed by atoms with van der Waals surface area (Å²) in [5, 5.41) is 0.394. The van der Waals surface area contributed by atoms with E-state index in [0.29, 0.717) is 15.5 Å². The van der Waals surface area contributed by atoms with E-state index in [9.17, 15) is 0 Å². The van der Waals surface area contributed by atoms with Crippen molar-refractivity contribution in [2.45, 2.75) is 26.9 Å². The maximum Gasteiger partial charge on any atom is 0.160 e. The van der Waals surface area contributed by atoms with Gasteiger partial charge in [-0.2, -0.15) is 0 Å². The molecular formula is C16H18BrClN2O. The molecular weight excluding hydrogens is 352 g/mol. The van der Waals surface area contributed by atoms with Gasteiger partial charge in [-0.05, 0) is 21.3 Å². The molecule has 0 aliphatic heterocycles. The fourth-order valence-electron chi connectivity index (χ4n) is 2.19. The maximum atomic E-state index is 6.27. The van der Waals surface area contributed by atoms with E-state index in [1.807, 2.05) is 30.3 Å². The molecule has 0 fully saturated rings. The van der Waals surface area contributed by atoms with Gasteiger partial charge in [0.15, 0.2) is 5.82 Å². The van der Waals surface area contributed by atoms with Crippen LogP contribution in [-0.2, 0) is 4.74 Å². The molecule has 0 saturated heterocycles. The summed E-state index contributed by atoms with van der Waals surface area (Å²) in [6, 6.07) is 9.89. The zero-order valence-electron chi connectivity index (χ0n) is 12.5. The molecule has 1 unspecified atom stereocenters. The van der Waals surface area contributed by atoms with Crippen LogP contribution < -0.4 is 0 Å². The normalized spacial score (nSPS) is 13.2. The second-order valence-corrected chi connectivity index (χ2v) is 7.03. The standard InChI is InChI=1S/C16H18BrClN2O/c1-16(2,3)13(21-4)15-19-12(11(17)14(18)20-15)10-8-6-5-7-9-10/h5-9,13H,1-4H3. The molecule has 5 heteroatoms. The summed E-state index contributed by atoms with van der Waals surface area (Å²) in [5.74, 6) is 0.594. The molecule has 21 heavy (non-hydrogen) atoms. The molecule has 2 aromatic rings. The highest BCUT2D eigenvalue weighted by atomic mass is 79.9. The molecule has 0 saturated carbocycles. The number of aromatic nitrogens is 2. The number of rotatable bonds is 3. The lowest BCUT2D eigenvalue weighted by Gasteiger charge is -2.28. The lowest BCUT2D eigenvalue weighted by Crippen LogP contribution is -2.22. The van der Waals surface area contributed by atoms with Gasteiger partial charge in [0, 0.05) is 12.7 Å². The number of halogens is 2. The number of nitrogens with zero attached hydrogens (tertiary/aromatic N) is 2. The highest BCUT2D eigenvalue weighted by Crippen LogP contribution is 2.38. The third kappa shape index (κ3) is 3.62. The number of benzene rings is 1. The topological polar surface area (TPSA) is 35.0 Å². The van der Waals surface area contributed by atoms with Gasteiger partial charge in [0.2, 0.25) is 0 Å². The van der Waals surface area contributed by atoms with Gasteiger partial charge in [-0.15, -0.1) is 0 Å². The van der Waals surface area contributed by atoms with E-state index in [0.717, 1.165) is 11.3 Å². The van der Waals surface area contributed by atoms with Crippen LogP contribution in [0.4, 0.5) is 0 Å². The van der Waals surface area contributed by atoms with Crippen molar-refractivity contribution in [3.8, 4) is 11.3 Å². The van der Waals surface area contributed by atoms with E-state index < -0.39 is 0 Å². The largest absolute Gasteiger partial charge is 0.373 e. The average Bonchev–Trinajstić information content (AvgIpc) is 2.42. The molecule has 0 aliphatic rings. The van der Waals surface area contributed by atoms with Gasteiger partial charge in [-0.1, -0.05) is 62.7 Å². The van der Waals surface area contributed by atoms with Crippen LogP contribution in [0, 0.1) is 5.41 Å². The van der Waals surface area contributed by atoms with E-state index in [-0.39, 0.29) is 11.5 Å². The molecule has 0 bridgehead atoms. The Hall–Kier alpha value is -0.970. The quantitative estimate of drug-likeness (QED) is 0.689. The molecule has 112 valence electrons. The summed E-state index contributed by atoms with van der Waals surface area (Å²) in [6.45, 7) is 6.26. The van der Waals surface area contributed by atoms with Gasteiger partial charge in [0.05, 0.1) is 10.2 Å². The van der Waals surface area contributed by atoms with Crippen molar-refractivity contribution in [1.82, 2.24) is 9.97 Å². The predicted octanol–water partition coefficient (Wildman–Crippen LogP) is 5.29. The first-order valence-electron chi connectivity index (χ1n) is 6.65. The molecule has 3 nitrogen and oxygen atoms in total. The Kier molecular flexibility index (Phi) is 5.02. The molecule has 0 N–H and O–H groups in total. The van der Waals surface area contributed by atoms with E-state index in [1.165, 1.54) is 0 Å². The number of hydrogen-bond donors (Lipinski definition) is 0. The zero-order valence-corrected chi connectivity index (χ0v) is 14.9. The smallest absolute Gasteiger partial charge is 0.160 e. The lowest BCUT2D eigenvalue weighted by molar-refractivity contribution is 0.00872. The summed E-state index contributed by atoms with van der Waals surface area (Å²) >= 11 is 9.74. The number of methoxy groups -OCH3 is 1. The third-order valence-corrected chi connectivity index (χ3v) is 4.39. The molecule has 0 amide bonds. The summed E-state index contributed by atoms with van der Waals surface area (Å²) in [7, 11) is 1.66. The van der Waals surface area contributed by atoms with Crippen molar-refractivity contribution in [1.29, 1.82) is 0 Å². The van der Waals surface area contributed by atoms with Crippen molar-refractivity contribution in [3.63, 3.8) is 0 Å². The average molecular weight is 370 g/mol. The molecule has 0 aliphatic carbocycles. The minimum atomic E-state index is -0.231. The van der Waals surface area contributed by atoms with E-state index in [2.05, 4.69) is 46.7 Å². The minimum Gasteiger partial charge on any atom is -0.373 e. The second kappa shape index (κ2) is 6.42. The number of ether oxygens (including phenoxy) is 1.